The Bertz CT molecular complexity index is 1210. The zero-order valence-electron chi connectivity index (χ0n) is 19.4. The van der Waals surface area contributed by atoms with Crippen molar-refractivity contribution in [1.82, 2.24) is 20.1 Å². The Labute approximate surface area is 201 Å². The second kappa shape index (κ2) is 10.9. The van der Waals surface area contributed by atoms with Crippen molar-refractivity contribution in [2.45, 2.75) is 45.4 Å². The van der Waals surface area contributed by atoms with Crippen LogP contribution in [0.15, 0.2) is 47.6 Å². The SMILES string of the molecule is CCn1c(SCC(=O)Nc2ccc([N+](=O)[O-])cc2C)nnc1[C@@H](C)NC(=O)c1ccc(C)cc1. The molecule has 178 valence electrons. The van der Waals surface area contributed by atoms with E-state index in [4.69, 9.17) is 0 Å². The van der Waals surface area contributed by atoms with Crippen molar-refractivity contribution in [3.63, 3.8) is 0 Å². The molecule has 0 aliphatic carbocycles. The molecule has 0 fully saturated rings. The van der Waals surface area contributed by atoms with Gasteiger partial charge in [-0.25, -0.2) is 0 Å². The van der Waals surface area contributed by atoms with Gasteiger partial charge >= 0.3 is 0 Å². The molecule has 0 spiro atoms. The van der Waals surface area contributed by atoms with E-state index in [2.05, 4.69) is 20.8 Å². The second-order valence-corrected chi connectivity index (χ2v) is 8.68. The van der Waals surface area contributed by atoms with Gasteiger partial charge in [0.1, 0.15) is 0 Å². The highest BCUT2D eigenvalue weighted by Gasteiger charge is 2.20. The van der Waals surface area contributed by atoms with Gasteiger partial charge in [0, 0.05) is 29.9 Å². The Morgan fingerprint density at radius 1 is 1.15 bits per heavy atom. The fourth-order valence-electron chi connectivity index (χ4n) is 3.29. The van der Waals surface area contributed by atoms with Gasteiger partial charge < -0.3 is 15.2 Å². The molecule has 0 saturated carbocycles. The van der Waals surface area contributed by atoms with Crippen molar-refractivity contribution in [3.05, 3.63) is 75.1 Å². The van der Waals surface area contributed by atoms with Crippen molar-refractivity contribution in [3.8, 4) is 0 Å². The maximum absolute atomic E-state index is 12.6. The topological polar surface area (TPSA) is 132 Å². The number of aryl methyl sites for hydroxylation is 2. The number of carbonyl (C=O) groups excluding carboxylic acids is 2. The van der Waals surface area contributed by atoms with Crippen LogP contribution >= 0.6 is 11.8 Å². The quantitative estimate of drug-likeness (QED) is 0.267. The third-order valence-corrected chi connectivity index (χ3v) is 6.10. The highest BCUT2D eigenvalue weighted by atomic mass is 32.2. The number of aromatic nitrogens is 3. The lowest BCUT2D eigenvalue weighted by atomic mass is 10.1. The van der Waals surface area contributed by atoms with E-state index >= 15 is 0 Å². The summed E-state index contributed by atoms with van der Waals surface area (Å²) in [5.41, 5.74) is 2.72. The van der Waals surface area contributed by atoms with Gasteiger partial charge in [-0.3, -0.25) is 19.7 Å². The van der Waals surface area contributed by atoms with Gasteiger partial charge in [-0.15, -0.1) is 10.2 Å². The number of benzene rings is 2. The Balaban J connectivity index is 1.62. The first-order valence-electron chi connectivity index (χ1n) is 10.7. The molecule has 0 saturated heterocycles. The third kappa shape index (κ3) is 5.98. The molecule has 34 heavy (non-hydrogen) atoms. The number of amides is 2. The molecule has 0 bridgehead atoms. The van der Waals surface area contributed by atoms with Crippen LogP contribution < -0.4 is 10.6 Å². The third-order valence-electron chi connectivity index (χ3n) is 5.14. The maximum Gasteiger partial charge on any atom is 0.269 e. The van der Waals surface area contributed by atoms with Crippen molar-refractivity contribution in [2.75, 3.05) is 11.1 Å². The summed E-state index contributed by atoms with van der Waals surface area (Å²) in [7, 11) is 0. The fourth-order valence-corrected chi connectivity index (χ4v) is 4.10. The van der Waals surface area contributed by atoms with Gasteiger partial charge in [0.25, 0.3) is 11.6 Å². The number of nitrogens with zero attached hydrogens (tertiary/aromatic N) is 4. The first-order chi connectivity index (χ1) is 16.2. The number of nitro groups is 1. The number of nitro benzene ring substituents is 1. The maximum atomic E-state index is 12.6. The number of thioether (sulfide) groups is 1. The van der Waals surface area contributed by atoms with Crippen LogP contribution in [0.3, 0.4) is 0 Å². The number of hydrogen-bond donors (Lipinski definition) is 2. The Hall–Kier alpha value is -3.73. The molecule has 0 aliphatic rings. The monoisotopic (exact) mass is 482 g/mol. The molecule has 3 aromatic rings. The van der Waals surface area contributed by atoms with Gasteiger partial charge in [-0.1, -0.05) is 29.5 Å². The van der Waals surface area contributed by atoms with Crippen LogP contribution in [0.1, 0.15) is 47.2 Å². The minimum Gasteiger partial charge on any atom is -0.342 e. The standard InChI is InChI=1S/C23H26N6O4S/c1-5-28-21(16(4)24-22(31)17-8-6-14(2)7-9-17)26-27-23(28)34-13-20(30)25-19-11-10-18(29(32)33)12-15(19)3/h6-12,16H,5,13H2,1-4H3,(H,24,31)(H,25,30)/t16-/m1/s1. The molecular weight excluding hydrogens is 456 g/mol. The first kappa shape index (κ1) is 24.9. The molecule has 3 rings (SSSR count). The van der Waals surface area contributed by atoms with Crippen molar-refractivity contribution >= 4 is 35.0 Å². The van der Waals surface area contributed by atoms with Crippen LogP contribution in [0.5, 0.6) is 0 Å². The number of hydrogen-bond acceptors (Lipinski definition) is 7. The molecule has 0 aliphatic heterocycles. The molecule has 0 radical (unpaired) electrons. The van der Waals surface area contributed by atoms with Crippen LogP contribution in [-0.4, -0.2) is 37.3 Å². The smallest absolute Gasteiger partial charge is 0.269 e. The molecule has 11 heteroatoms. The molecule has 1 heterocycles. The van der Waals surface area contributed by atoms with E-state index in [1.807, 2.05) is 37.5 Å². The summed E-state index contributed by atoms with van der Waals surface area (Å²) in [6.45, 7) is 7.99. The minimum absolute atomic E-state index is 0.0305. The van der Waals surface area contributed by atoms with Gasteiger partial charge in [0.15, 0.2) is 11.0 Å². The second-order valence-electron chi connectivity index (χ2n) is 7.74. The average Bonchev–Trinajstić information content (AvgIpc) is 3.22. The molecule has 2 amide bonds. The van der Waals surface area contributed by atoms with Gasteiger partial charge in [0.2, 0.25) is 5.91 Å². The zero-order valence-corrected chi connectivity index (χ0v) is 20.2. The van der Waals surface area contributed by atoms with Crippen LogP contribution in [0.4, 0.5) is 11.4 Å². The zero-order chi connectivity index (χ0) is 24.8. The Morgan fingerprint density at radius 2 is 1.85 bits per heavy atom. The van der Waals surface area contributed by atoms with E-state index < -0.39 is 4.92 Å². The van der Waals surface area contributed by atoms with E-state index in [1.165, 1.54) is 30.0 Å². The molecule has 1 aromatic heterocycles. The lowest BCUT2D eigenvalue weighted by Crippen LogP contribution is -2.28. The largest absolute Gasteiger partial charge is 0.342 e. The molecule has 2 N–H and O–H groups in total. The summed E-state index contributed by atoms with van der Waals surface area (Å²) in [5.74, 6) is 0.204. The van der Waals surface area contributed by atoms with E-state index in [9.17, 15) is 19.7 Å². The summed E-state index contributed by atoms with van der Waals surface area (Å²) >= 11 is 1.22. The predicted molar refractivity (Wildman–Crippen MR) is 130 cm³/mol. The number of anilines is 1. The Morgan fingerprint density at radius 3 is 2.47 bits per heavy atom. The Kier molecular flexibility index (Phi) is 8.00. The van der Waals surface area contributed by atoms with Crippen molar-refractivity contribution < 1.29 is 14.5 Å². The number of rotatable bonds is 9. The summed E-state index contributed by atoms with van der Waals surface area (Å²) in [5, 5.41) is 25.6. The molecule has 0 unspecified atom stereocenters. The summed E-state index contributed by atoms with van der Waals surface area (Å²) in [6.07, 6.45) is 0. The lowest BCUT2D eigenvalue weighted by Gasteiger charge is -2.15. The summed E-state index contributed by atoms with van der Waals surface area (Å²) in [4.78, 5) is 35.4. The first-order valence-corrected chi connectivity index (χ1v) is 11.7. The fraction of sp³-hybridized carbons (Fsp3) is 0.304. The summed E-state index contributed by atoms with van der Waals surface area (Å²) in [6, 6.07) is 11.2. The van der Waals surface area contributed by atoms with E-state index in [0.717, 1.165) is 5.56 Å². The molecule has 2 aromatic carbocycles. The highest BCUT2D eigenvalue weighted by Crippen LogP contribution is 2.23. The normalized spacial score (nSPS) is 11.6. The van der Waals surface area contributed by atoms with Gasteiger partial charge in [0.05, 0.1) is 16.7 Å². The van der Waals surface area contributed by atoms with Crippen molar-refractivity contribution in [1.29, 1.82) is 0 Å². The number of nitrogens with one attached hydrogen (secondary N) is 2. The lowest BCUT2D eigenvalue weighted by molar-refractivity contribution is -0.384. The van der Waals surface area contributed by atoms with Gasteiger partial charge in [-0.05, 0) is 51.5 Å². The number of carbonyl (C=O) groups is 2. The average molecular weight is 483 g/mol. The molecular formula is C23H26N6O4S. The van der Waals surface area contributed by atoms with Crippen LogP contribution in [0.25, 0.3) is 0 Å². The van der Waals surface area contributed by atoms with E-state index in [1.54, 1.807) is 19.1 Å². The van der Waals surface area contributed by atoms with Crippen LogP contribution in [0, 0.1) is 24.0 Å². The highest BCUT2D eigenvalue weighted by molar-refractivity contribution is 7.99. The van der Waals surface area contributed by atoms with Crippen LogP contribution in [0.2, 0.25) is 0 Å². The van der Waals surface area contributed by atoms with E-state index in [0.29, 0.717) is 34.3 Å². The van der Waals surface area contributed by atoms with Crippen LogP contribution in [-0.2, 0) is 11.3 Å². The van der Waals surface area contributed by atoms with Gasteiger partial charge in [-0.2, -0.15) is 0 Å². The molecule has 1 atom stereocenters. The summed E-state index contributed by atoms with van der Waals surface area (Å²) < 4.78 is 1.86. The van der Waals surface area contributed by atoms with Crippen molar-refractivity contribution in [2.24, 2.45) is 0 Å². The molecule has 10 nitrogen and oxygen atoms in total. The van der Waals surface area contributed by atoms with E-state index in [-0.39, 0.29) is 29.3 Å². The predicted octanol–water partition coefficient (Wildman–Crippen LogP) is 4.04. The minimum atomic E-state index is -0.478. The number of non-ortho nitro benzene ring substituents is 1.